The first-order chi connectivity index (χ1) is 10.2. The van der Waals surface area contributed by atoms with E-state index in [2.05, 4.69) is 34.2 Å². The molecule has 0 aromatic heterocycles. The van der Waals surface area contributed by atoms with Crippen molar-refractivity contribution >= 4 is 29.7 Å². The summed E-state index contributed by atoms with van der Waals surface area (Å²) in [5, 5.41) is 4.29. The minimum atomic E-state index is 0. The molecule has 1 aromatic rings. The van der Waals surface area contributed by atoms with E-state index in [1.54, 1.807) is 0 Å². The van der Waals surface area contributed by atoms with Gasteiger partial charge in [0.25, 0.3) is 0 Å². The number of halogens is 2. The Balaban J connectivity index is 0.00000176. The Morgan fingerprint density at radius 3 is 2.50 bits per heavy atom. The Kier molecular flexibility index (Phi) is 6.82. The lowest BCUT2D eigenvalue weighted by Crippen LogP contribution is -2.48. The van der Waals surface area contributed by atoms with Crippen molar-refractivity contribution in [3.8, 4) is 0 Å². The fourth-order valence-corrected chi connectivity index (χ4v) is 3.69. The average molecular weight is 344 g/mol. The second-order valence-electron chi connectivity index (χ2n) is 6.41. The van der Waals surface area contributed by atoms with Crippen LogP contribution < -0.4 is 10.2 Å². The maximum atomic E-state index is 6.15. The normalized spacial score (nSPS) is 20.7. The summed E-state index contributed by atoms with van der Waals surface area (Å²) >= 11 is 6.15. The fourth-order valence-electron chi connectivity index (χ4n) is 3.52. The molecule has 0 amide bonds. The molecule has 2 aliphatic rings. The first kappa shape index (κ1) is 17.9. The molecule has 22 heavy (non-hydrogen) atoms. The van der Waals surface area contributed by atoms with E-state index in [4.69, 9.17) is 11.6 Å². The molecule has 124 valence electrons. The van der Waals surface area contributed by atoms with Crippen molar-refractivity contribution in [2.24, 2.45) is 5.92 Å². The molecular weight excluding hydrogens is 317 g/mol. The fraction of sp³-hybridized carbons (Fsp3) is 0.647. The lowest BCUT2D eigenvalue weighted by Gasteiger charge is -2.39. The molecular formula is C17H27Cl2N3. The minimum Gasteiger partial charge on any atom is -0.369 e. The van der Waals surface area contributed by atoms with Gasteiger partial charge in [-0.05, 0) is 56.5 Å². The highest BCUT2D eigenvalue weighted by atomic mass is 35.5. The summed E-state index contributed by atoms with van der Waals surface area (Å²) in [6, 6.07) is 6.21. The van der Waals surface area contributed by atoms with Gasteiger partial charge in [-0.1, -0.05) is 17.7 Å². The van der Waals surface area contributed by atoms with Crippen LogP contribution in [0.15, 0.2) is 18.2 Å². The molecule has 3 rings (SSSR count). The molecule has 0 atom stereocenters. The maximum absolute atomic E-state index is 6.15. The van der Waals surface area contributed by atoms with Crippen LogP contribution in [-0.4, -0.2) is 50.7 Å². The van der Waals surface area contributed by atoms with Gasteiger partial charge in [-0.2, -0.15) is 0 Å². The lowest BCUT2D eigenvalue weighted by molar-refractivity contribution is 0.196. The third kappa shape index (κ3) is 4.51. The predicted octanol–water partition coefficient (Wildman–Crippen LogP) is 3.19. The number of hydrogen-bond acceptors (Lipinski definition) is 3. The van der Waals surface area contributed by atoms with Crippen LogP contribution in [0.4, 0.5) is 5.69 Å². The van der Waals surface area contributed by atoms with Gasteiger partial charge in [0, 0.05) is 43.4 Å². The Hall–Kier alpha value is -0.480. The molecule has 2 fully saturated rings. The van der Waals surface area contributed by atoms with Crippen LogP contribution in [0.25, 0.3) is 0 Å². The largest absolute Gasteiger partial charge is 0.369 e. The molecule has 0 saturated carbocycles. The summed E-state index contributed by atoms with van der Waals surface area (Å²) in [6.45, 7) is 10.4. The van der Waals surface area contributed by atoms with E-state index in [-0.39, 0.29) is 12.4 Å². The highest BCUT2D eigenvalue weighted by Gasteiger charge is 2.22. The summed E-state index contributed by atoms with van der Waals surface area (Å²) in [6.07, 6.45) is 2.68. The van der Waals surface area contributed by atoms with Gasteiger partial charge >= 0.3 is 0 Å². The van der Waals surface area contributed by atoms with Gasteiger partial charge in [0.1, 0.15) is 0 Å². The molecule has 3 nitrogen and oxygen atoms in total. The smallest absolute Gasteiger partial charge is 0.0426 e. The summed E-state index contributed by atoms with van der Waals surface area (Å²) in [5.41, 5.74) is 2.63. The van der Waals surface area contributed by atoms with E-state index < -0.39 is 0 Å². The predicted molar refractivity (Wildman–Crippen MR) is 97.7 cm³/mol. The first-order valence-corrected chi connectivity index (χ1v) is 8.54. The molecule has 1 N–H and O–H groups in total. The summed E-state index contributed by atoms with van der Waals surface area (Å²) in [4.78, 5) is 5.13. The number of piperidine rings is 1. The number of piperazine rings is 1. The van der Waals surface area contributed by atoms with Gasteiger partial charge in [0.2, 0.25) is 0 Å². The van der Waals surface area contributed by atoms with Crippen LogP contribution in [0.5, 0.6) is 0 Å². The van der Waals surface area contributed by atoms with Gasteiger partial charge in [-0.25, -0.2) is 0 Å². The van der Waals surface area contributed by atoms with Crippen LogP contribution in [0.3, 0.4) is 0 Å². The Labute approximate surface area is 145 Å². The monoisotopic (exact) mass is 343 g/mol. The van der Waals surface area contributed by atoms with Crippen molar-refractivity contribution in [3.63, 3.8) is 0 Å². The van der Waals surface area contributed by atoms with E-state index in [0.29, 0.717) is 0 Å². The molecule has 0 bridgehead atoms. The van der Waals surface area contributed by atoms with Crippen LogP contribution in [0.1, 0.15) is 18.4 Å². The second kappa shape index (κ2) is 8.39. The molecule has 2 saturated heterocycles. The SMILES string of the molecule is Cc1ccc(Cl)cc1N1CCN(CC2CCNCC2)CC1.Cl. The summed E-state index contributed by atoms with van der Waals surface area (Å²) in [7, 11) is 0. The minimum absolute atomic E-state index is 0. The van der Waals surface area contributed by atoms with Crippen molar-refractivity contribution in [2.75, 3.05) is 50.7 Å². The zero-order valence-corrected chi connectivity index (χ0v) is 14.9. The van der Waals surface area contributed by atoms with Crippen LogP contribution in [0.2, 0.25) is 5.02 Å². The Bertz CT molecular complexity index is 467. The molecule has 2 aliphatic heterocycles. The first-order valence-electron chi connectivity index (χ1n) is 8.16. The molecule has 0 unspecified atom stereocenters. The number of rotatable bonds is 3. The van der Waals surface area contributed by atoms with Gasteiger partial charge < -0.3 is 10.2 Å². The number of benzene rings is 1. The number of aryl methyl sites for hydroxylation is 1. The van der Waals surface area contributed by atoms with Gasteiger partial charge in [0.05, 0.1) is 0 Å². The van der Waals surface area contributed by atoms with E-state index in [0.717, 1.165) is 24.0 Å². The van der Waals surface area contributed by atoms with Gasteiger partial charge in [-0.3, -0.25) is 4.90 Å². The number of hydrogen-bond donors (Lipinski definition) is 1. The topological polar surface area (TPSA) is 18.5 Å². The molecule has 1 aromatic carbocycles. The van der Waals surface area contributed by atoms with E-state index >= 15 is 0 Å². The van der Waals surface area contributed by atoms with E-state index in [9.17, 15) is 0 Å². The molecule has 0 spiro atoms. The van der Waals surface area contributed by atoms with Crippen molar-refractivity contribution in [1.29, 1.82) is 0 Å². The molecule has 5 heteroatoms. The number of nitrogens with zero attached hydrogens (tertiary/aromatic N) is 2. The van der Waals surface area contributed by atoms with E-state index in [1.165, 1.54) is 56.8 Å². The zero-order valence-electron chi connectivity index (χ0n) is 13.4. The standard InChI is InChI=1S/C17H26ClN3.ClH/c1-14-2-3-16(18)12-17(14)21-10-8-20(9-11-21)13-15-4-6-19-7-5-15;/h2-3,12,15,19H,4-11,13H2,1H3;1H. The molecule has 0 radical (unpaired) electrons. The van der Waals surface area contributed by atoms with Crippen molar-refractivity contribution in [3.05, 3.63) is 28.8 Å². The zero-order chi connectivity index (χ0) is 14.7. The Morgan fingerprint density at radius 1 is 1.14 bits per heavy atom. The van der Waals surface area contributed by atoms with Crippen molar-refractivity contribution in [2.45, 2.75) is 19.8 Å². The third-order valence-electron chi connectivity index (χ3n) is 4.86. The molecule has 2 heterocycles. The highest BCUT2D eigenvalue weighted by Crippen LogP contribution is 2.25. The van der Waals surface area contributed by atoms with Crippen molar-refractivity contribution < 1.29 is 0 Å². The van der Waals surface area contributed by atoms with Crippen molar-refractivity contribution in [1.82, 2.24) is 10.2 Å². The maximum Gasteiger partial charge on any atom is 0.0426 e. The Morgan fingerprint density at radius 2 is 1.82 bits per heavy atom. The average Bonchev–Trinajstić information content (AvgIpc) is 2.52. The summed E-state index contributed by atoms with van der Waals surface area (Å²) < 4.78 is 0. The van der Waals surface area contributed by atoms with Gasteiger partial charge in [-0.15, -0.1) is 12.4 Å². The van der Waals surface area contributed by atoms with Crippen LogP contribution in [0, 0.1) is 12.8 Å². The lowest BCUT2D eigenvalue weighted by atomic mass is 9.97. The number of nitrogens with one attached hydrogen (secondary N) is 1. The summed E-state index contributed by atoms with van der Waals surface area (Å²) in [5.74, 6) is 0.894. The second-order valence-corrected chi connectivity index (χ2v) is 6.85. The quantitative estimate of drug-likeness (QED) is 0.909. The van der Waals surface area contributed by atoms with E-state index in [1.807, 2.05) is 6.07 Å². The van der Waals surface area contributed by atoms with Crippen LogP contribution >= 0.6 is 24.0 Å². The number of anilines is 1. The molecule has 0 aliphatic carbocycles. The van der Waals surface area contributed by atoms with Crippen LogP contribution in [-0.2, 0) is 0 Å². The highest BCUT2D eigenvalue weighted by molar-refractivity contribution is 6.30. The third-order valence-corrected chi connectivity index (χ3v) is 5.09. The van der Waals surface area contributed by atoms with Gasteiger partial charge in [0.15, 0.2) is 0 Å².